The summed E-state index contributed by atoms with van der Waals surface area (Å²) in [5.74, 6) is -0.814. The summed E-state index contributed by atoms with van der Waals surface area (Å²) in [4.78, 5) is 37.7. The van der Waals surface area contributed by atoms with Gasteiger partial charge in [-0.3, -0.25) is 19.8 Å². The van der Waals surface area contributed by atoms with Crippen molar-refractivity contribution in [1.82, 2.24) is 10.2 Å². The van der Waals surface area contributed by atoms with Crippen LogP contribution in [-0.2, 0) is 9.59 Å². The molecule has 0 aromatic rings. The molecule has 5 heteroatoms. The molecule has 0 aromatic carbocycles. The molecule has 4 amide bonds. The van der Waals surface area contributed by atoms with Crippen molar-refractivity contribution in [2.45, 2.75) is 53.9 Å². The van der Waals surface area contributed by atoms with Crippen molar-refractivity contribution >= 4 is 17.8 Å². The fraction of sp³-hybridized carbons (Fsp3) is 0.786. The minimum Gasteiger partial charge on any atom is -0.277 e. The van der Waals surface area contributed by atoms with E-state index in [2.05, 4.69) is 5.32 Å². The monoisotopic (exact) mass is 268 g/mol. The van der Waals surface area contributed by atoms with Crippen LogP contribution in [0.2, 0.25) is 0 Å². The standard InChI is InChI=1S/C14H24N2O3/c1-6-13(4,5)9-16-11(18)14(7-2,8-3)10(17)15-12(16)19/h6-9H2,1-5H3,(H,15,17,19). The second-order valence-corrected chi connectivity index (χ2v) is 5.96. The predicted molar refractivity (Wildman–Crippen MR) is 72.3 cm³/mol. The molecule has 0 atom stereocenters. The molecule has 1 N–H and O–H groups in total. The van der Waals surface area contributed by atoms with Gasteiger partial charge < -0.3 is 0 Å². The van der Waals surface area contributed by atoms with Gasteiger partial charge in [-0.05, 0) is 24.7 Å². The number of hydrogen-bond acceptors (Lipinski definition) is 3. The summed E-state index contributed by atoms with van der Waals surface area (Å²) in [7, 11) is 0. The smallest absolute Gasteiger partial charge is 0.277 e. The molecule has 5 nitrogen and oxygen atoms in total. The Labute approximate surface area is 114 Å². The fourth-order valence-corrected chi connectivity index (χ4v) is 2.29. The van der Waals surface area contributed by atoms with Crippen LogP contribution >= 0.6 is 0 Å². The summed E-state index contributed by atoms with van der Waals surface area (Å²) in [6, 6.07) is -0.589. The van der Waals surface area contributed by atoms with Gasteiger partial charge in [0.25, 0.3) is 0 Å². The molecule has 0 spiro atoms. The maximum atomic E-state index is 12.6. The molecule has 0 aromatic heterocycles. The van der Waals surface area contributed by atoms with Crippen molar-refractivity contribution in [3.05, 3.63) is 0 Å². The molecule has 1 heterocycles. The number of imide groups is 2. The Morgan fingerprint density at radius 1 is 1.11 bits per heavy atom. The van der Waals surface area contributed by atoms with Crippen molar-refractivity contribution in [3.8, 4) is 0 Å². The van der Waals surface area contributed by atoms with Crippen LogP contribution in [0.15, 0.2) is 0 Å². The first-order valence-electron chi connectivity index (χ1n) is 6.91. The zero-order chi connectivity index (χ0) is 14.8. The van der Waals surface area contributed by atoms with E-state index in [1.54, 1.807) is 13.8 Å². The van der Waals surface area contributed by atoms with Gasteiger partial charge in [-0.1, -0.05) is 34.6 Å². The van der Waals surface area contributed by atoms with E-state index in [1.807, 2.05) is 20.8 Å². The summed E-state index contributed by atoms with van der Waals surface area (Å²) in [5, 5.41) is 2.33. The molecule has 1 fully saturated rings. The molecule has 0 radical (unpaired) electrons. The third kappa shape index (κ3) is 2.65. The van der Waals surface area contributed by atoms with Crippen LogP contribution in [0, 0.1) is 10.8 Å². The van der Waals surface area contributed by atoms with Crippen molar-refractivity contribution in [2.75, 3.05) is 6.54 Å². The number of amides is 4. The van der Waals surface area contributed by atoms with Crippen LogP contribution in [0.5, 0.6) is 0 Å². The first kappa shape index (κ1) is 15.7. The topological polar surface area (TPSA) is 66.5 Å². The van der Waals surface area contributed by atoms with E-state index in [4.69, 9.17) is 0 Å². The number of hydrogen-bond donors (Lipinski definition) is 1. The van der Waals surface area contributed by atoms with E-state index >= 15 is 0 Å². The highest BCUT2D eigenvalue weighted by atomic mass is 16.2. The summed E-state index contributed by atoms with van der Waals surface area (Å²) in [6.07, 6.45) is 1.66. The van der Waals surface area contributed by atoms with E-state index in [1.165, 1.54) is 4.90 Å². The molecule has 0 aliphatic carbocycles. The minimum atomic E-state index is -1.09. The summed E-state index contributed by atoms with van der Waals surface area (Å²) in [5.41, 5.74) is -1.24. The number of carbonyl (C=O) groups excluding carboxylic acids is 3. The summed E-state index contributed by atoms with van der Waals surface area (Å²) in [6.45, 7) is 9.97. The largest absolute Gasteiger partial charge is 0.330 e. The molecule has 1 aliphatic rings. The fourth-order valence-electron chi connectivity index (χ4n) is 2.29. The van der Waals surface area contributed by atoms with Gasteiger partial charge in [0.2, 0.25) is 11.8 Å². The van der Waals surface area contributed by atoms with Gasteiger partial charge in [0.1, 0.15) is 5.41 Å². The molecule has 0 saturated carbocycles. The van der Waals surface area contributed by atoms with Crippen LogP contribution < -0.4 is 5.32 Å². The zero-order valence-corrected chi connectivity index (χ0v) is 12.5. The Bertz CT molecular complexity index is 397. The van der Waals surface area contributed by atoms with Gasteiger partial charge in [0.05, 0.1) is 0 Å². The first-order chi connectivity index (χ1) is 8.74. The third-order valence-electron chi connectivity index (χ3n) is 4.31. The molecular formula is C14H24N2O3. The second kappa shape index (κ2) is 5.31. The molecule has 1 rings (SSSR count). The Kier molecular flexibility index (Phi) is 4.38. The lowest BCUT2D eigenvalue weighted by Gasteiger charge is -2.41. The highest BCUT2D eigenvalue weighted by Gasteiger charge is 2.51. The predicted octanol–water partition coefficient (Wildman–Crippen LogP) is 2.31. The SMILES string of the molecule is CCC(C)(C)CN1C(=O)NC(=O)C(CC)(CC)C1=O. The number of nitrogens with zero attached hydrogens (tertiary/aromatic N) is 1. The molecular weight excluding hydrogens is 244 g/mol. The van der Waals surface area contributed by atoms with Crippen LogP contribution in [0.3, 0.4) is 0 Å². The van der Waals surface area contributed by atoms with Gasteiger partial charge in [-0.15, -0.1) is 0 Å². The van der Waals surface area contributed by atoms with E-state index in [0.29, 0.717) is 19.4 Å². The van der Waals surface area contributed by atoms with Gasteiger partial charge in [0, 0.05) is 6.54 Å². The number of rotatable bonds is 5. The van der Waals surface area contributed by atoms with Crippen molar-refractivity contribution in [1.29, 1.82) is 0 Å². The van der Waals surface area contributed by atoms with Crippen molar-refractivity contribution in [3.63, 3.8) is 0 Å². The van der Waals surface area contributed by atoms with Crippen LogP contribution in [-0.4, -0.2) is 29.3 Å². The number of urea groups is 1. The Morgan fingerprint density at radius 3 is 2.05 bits per heavy atom. The van der Waals surface area contributed by atoms with Crippen molar-refractivity contribution in [2.24, 2.45) is 10.8 Å². The van der Waals surface area contributed by atoms with Gasteiger partial charge in [0.15, 0.2) is 0 Å². The zero-order valence-electron chi connectivity index (χ0n) is 12.5. The van der Waals surface area contributed by atoms with E-state index in [0.717, 1.165) is 6.42 Å². The third-order valence-corrected chi connectivity index (χ3v) is 4.31. The average molecular weight is 268 g/mol. The lowest BCUT2D eigenvalue weighted by Crippen LogP contribution is -2.64. The minimum absolute atomic E-state index is 0.152. The Balaban J connectivity index is 3.09. The van der Waals surface area contributed by atoms with Gasteiger partial charge in [-0.2, -0.15) is 0 Å². The van der Waals surface area contributed by atoms with E-state index in [-0.39, 0.29) is 11.3 Å². The maximum absolute atomic E-state index is 12.6. The van der Waals surface area contributed by atoms with Crippen LogP contribution in [0.1, 0.15) is 53.9 Å². The van der Waals surface area contributed by atoms with Crippen LogP contribution in [0.4, 0.5) is 4.79 Å². The first-order valence-corrected chi connectivity index (χ1v) is 6.91. The number of nitrogens with one attached hydrogen (secondary N) is 1. The summed E-state index contributed by atoms with van der Waals surface area (Å²) < 4.78 is 0. The molecule has 0 unspecified atom stereocenters. The number of carbonyl (C=O) groups is 3. The normalized spacial score (nSPS) is 19.6. The molecule has 0 bridgehead atoms. The Morgan fingerprint density at radius 2 is 1.63 bits per heavy atom. The van der Waals surface area contributed by atoms with Gasteiger partial charge >= 0.3 is 6.03 Å². The Hall–Kier alpha value is -1.39. The molecule has 108 valence electrons. The molecule has 19 heavy (non-hydrogen) atoms. The quantitative estimate of drug-likeness (QED) is 0.778. The van der Waals surface area contributed by atoms with Gasteiger partial charge in [-0.25, -0.2) is 4.79 Å². The second-order valence-electron chi connectivity index (χ2n) is 5.96. The number of barbiturate groups is 1. The summed E-state index contributed by atoms with van der Waals surface area (Å²) >= 11 is 0. The highest BCUT2D eigenvalue weighted by Crippen LogP contribution is 2.34. The van der Waals surface area contributed by atoms with E-state index in [9.17, 15) is 14.4 Å². The highest BCUT2D eigenvalue weighted by molar-refractivity contribution is 6.19. The van der Waals surface area contributed by atoms with E-state index < -0.39 is 17.4 Å². The lowest BCUT2D eigenvalue weighted by atomic mass is 9.78. The molecule has 1 aliphatic heterocycles. The lowest BCUT2D eigenvalue weighted by molar-refractivity contribution is -0.153. The maximum Gasteiger partial charge on any atom is 0.330 e. The van der Waals surface area contributed by atoms with Crippen molar-refractivity contribution < 1.29 is 14.4 Å². The molecule has 1 saturated heterocycles. The van der Waals surface area contributed by atoms with Crippen LogP contribution in [0.25, 0.3) is 0 Å². The average Bonchev–Trinajstić information content (AvgIpc) is 2.36.